The van der Waals surface area contributed by atoms with E-state index in [4.69, 9.17) is 14.2 Å². The van der Waals surface area contributed by atoms with Crippen LogP contribution in [-0.2, 0) is 6.54 Å². The molecule has 0 aliphatic heterocycles. The number of hydrogen-bond acceptors (Lipinski definition) is 5. The van der Waals surface area contributed by atoms with Gasteiger partial charge in [-0.1, -0.05) is 22.0 Å². The number of ether oxygens (including phenoxy) is 3. The van der Waals surface area contributed by atoms with E-state index < -0.39 is 0 Å². The van der Waals surface area contributed by atoms with E-state index in [2.05, 4.69) is 26.5 Å². The van der Waals surface area contributed by atoms with Crippen LogP contribution in [0.2, 0.25) is 0 Å². The van der Waals surface area contributed by atoms with Crippen molar-refractivity contribution >= 4 is 22.1 Å². The molecule has 0 aliphatic carbocycles. The van der Waals surface area contributed by atoms with Crippen molar-refractivity contribution in [3.05, 3.63) is 52.0 Å². The summed E-state index contributed by atoms with van der Waals surface area (Å²) in [5, 5.41) is 4.24. The molecule has 0 atom stereocenters. The zero-order valence-corrected chi connectivity index (χ0v) is 14.9. The lowest BCUT2D eigenvalue weighted by Crippen LogP contribution is -2.06. The number of halogens is 1. The Morgan fingerprint density at radius 1 is 0.957 bits per heavy atom. The van der Waals surface area contributed by atoms with Crippen LogP contribution in [0.15, 0.2) is 46.0 Å². The molecule has 0 spiro atoms. The number of methoxy groups -OCH3 is 3. The quantitative estimate of drug-likeness (QED) is 0.590. The largest absolute Gasteiger partial charge is 0.496 e. The molecule has 2 rings (SSSR count). The van der Waals surface area contributed by atoms with E-state index >= 15 is 0 Å². The van der Waals surface area contributed by atoms with E-state index in [9.17, 15) is 0 Å². The van der Waals surface area contributed by atoms with Crippen LogP contribution < -0.4 is 19.6 Å². The van der Waals surface area contributed by atoms with Crippen LogP contribution in [0.1, 0.15) is 11.1 Å². The minimum atomic E-state index is 0.577. The predicted molar refractivity (Wildman–Crippen MR) is 94.7 cm³/mol. The Kier molecular flexibility index (Phi) is 6.29. The van der Waals surface area contributed by atoms with Crippen molar-refractivity contribution < 1.29 is 14.2 Å². The lowest BCUT2D eigenvalue weighted by atomic mass is 10.2. The first-order valence-electron chi connectivity index (χ1n) is 6.98. The van der Waals surface area contributed by atoms with Gasteiger partial charge in [-0.3, -0.25) is 0 Å². The van der Waals surface area contributed by atoms with Crippen molar-refractivity contribution in [2.75, 3.05) is 21.3 Å². The maximum Gasteiger partial charge on any atom is 0.161 e. The molecule has 0 fully saturated rings. The Morgan fingerprint density at radius 2 is 1.65 bits per heavy atom. The molecular formula is C17H19BrN2O3. The van der Waals surface area contributed by atoms with Gasteiger partial charge in [0.25, 0.3) is 0 Å². The van der Waals surface area contributed by atoms with E-state index in [1.165, 1.54) is 0 Å². The topological polar surface area (TPSA) is 52.1 Å². The molecule has 23 heavy (non-hydrogen) atoms. The highest BCUT2D eigenvalue weighted by molar-refractivity contribution is 9.10. The maximum absolute atomic E-state index is 5.30. The SMILES string of the molecule is COc1ccc(Br)cc1/C=N/NCc1ccc(OC)c(OC)c1. The first-order valence-corrected chi connectivity index (χ1v) is 7.77. The Hall–Kier alpha value is -2.21. The van der Waals surface area contributed by atoms with Crippen LogP contribution in [0, 0.1) is 0 Å². The van der Waals surface area contributed by atoms with Gasteiger partial charge in [-0.15, -0.1) is 0 Å². The van der Waals surface area contributed by atoms with Gasteiger partial charge in [0, 0.05) is 10.0 Å². The first-order chi connectivity index (χ1) is 11.2. The van der Waals surface area contributed by atoms with Crippen LogP contribution in [0.5, 0.6) is 17.2 Å². The Balaban J connectivity index is 2.01. The van der Waals surface area contributed by atoms with Gasteiger partial charge in [0.2, 0.25) is 0 Å². The van der Waals surface area contributed by atoms with E-state index in [0.29, 0.717) is 18.0 Å². The minimum Gasteiger partial charge on any atom is -0.496 e. The second-order valence-corrected chi connectivity index (χ2v) is 5.58. The van der Waals surface area contributed by atoms with Crippen LogP contribution >= 0.6 is 15.9 Å². The lowest BCUT2D eigenvalue weighted by molar-refractivity contribution is 0.354. The summed E-state index contributed by atoms with van der Waals surface area (Å²) >= 11 is 3.44. The first kappa shape index (κ1) is 17.1. The molecule has 6 heteroatoms. The summed E-state index contributed by atoms with van der Waals surface area (Å²) in [6.07, 6.45) is 1.73. The van der Waals surface area contributed by atoms with Gasteiger partial charge >= 0.3 is 0 Å². The lowest BCUT2D eigenvalue weighted by Gasteiger charge is -2.09. The van der Waals surface area contributed by atoms with Gasteiger partial charge in [-0.05, 0) is 35.9 Å². The Labute approximate surface area is 144 Å². The van der Waals surface area contributed by atoms with Crippen molar-refractivity contribution in [3.8, 4) is 17.2 Å². The molecule has 0 aliphatic rings. The molecule has 1 N–H and O–H groups in total. The molecule has 0 heterocycles. The summed E-state index contributed by atoms with van der Waals surface area (Å²) in [5.74, 6) is 2.17. The molecule has 0 amide bonds. The molecule has 0 aromatic heterocycles. The van der Waals surface area contributed by atoms with Crippen LogP contribution in [0.3, 0.4) is 0 Å². The van der Waals surface area contributed by atoms with Crippen molar-refractivity contribution in [1.82, 2.24) is 5.43 Å². The summed E-state index contributed by atoms with van der Waals surface area (Å²) in [4.78, 5) is 0. The summed E-state index contributed by atoms with van der Waals surface area (Å²) in [5.41, 5.74) is 4.94. The second kappa shape index (κ2) is 8.43. The van der Waals surface area contributed by atoms with E-state index in [1.807, 2.05) is 36.4 Å². The number of hydrogen-bond donors (Lipinski definition) is 1. The fraction of sp³-hybridized carbons (Fsp3) is 0.235. The number of nitrogens with zero attached hydrogens (tertiary/aromatic N) is 1. The summed E-state index contributed by atoms with van der Waals surface area (Å²) < 4.78 is 16.8. The highest BCUT2D eigenvalue weighted by atomic mass is 79.9. The van der Waals surface area contributed by atoms with Crippen molar-refractivity contribution in [3.63, 3.8) is 0 Å². The van der Waals surface area contributed by atoms with Crippen LogP contribution in [0.25, 0.3) is 0 Å². The molecule has 0 radical (unpaired) electrons. The molecule has 0 saturated carbocycles. The Bertz CT molecular complexity index is 690. The fourth-order valence-corrected chi connectivity index (χ4v) is 2.43. The van der Waals surface area contributed by atoms with Gasteiger partial charge in [-0.2, -0.15) is 5.10 Å². The standard InChI is InChI=1S/C17H19BrN2O3/c1-21-15-7-5-14(18)9-13(15)11-20-19-10-12-4-6-16(22-2)17(8-12)23-3/h4-9,11,19H,10H2,1-3H3/b20-11+. The zero-order chi connectivity index (χ0) is 16.7. The maximum atomic E-state index is 5.30. The normalized spacial score (nSPS) is 10.6. The van der Waals surface area contributed by atoms with Gasteiger partial charge in [0.15, 0.2) is 11.5 Å². The van der Waals surface area contributed by atoms with Gasteiger partial charge in [-0.25, -0.2) is 0 Å². The van der Waals surface area contributed by atoms with E-state index in [-0.39, 0.29) is 0 Å². The van der Waals surface area contributed by atoms with Crippen molar-refractivity contribution in [2.45, 2.75) is 6.54 Å². The predicted octanol–water partition coefficient (Wildman–Crippen LogP) is 3.60. The molecule has 2 aromatic rings. The average Bonchev–Trinajstić information content (AvgIpc) is 2.58. The smallest absolute Gasteiger partial charge is 0.161 e. The van der Waals surface area contributed by atoms with Crippen LogP contribution in [-0.4, -0.2) is 27.5 Å². The minimum absolute atomic E-state index is 0.577. The van der Waals surface area contributed by atoms with Crippen LogP contribution in [0.4, 0.5) is 0 Å². The molecular weight excluding hydrogens is 360 g/mol. The summed E-state index contributed by atoms with van der Waals surface area (Å²) in [6, 6.07) is 11.5. The summed E-state index contributed by atoms with van der Waals surface area (Å²) in [7, 11) is 4.87. The Morgan fingerprint density at radius 3 is 2.35 bits per heavy atom. The van der Waals surface area contributed by atoms with Crippen molar-refractivity contribution in [2.24, 2.45) is 5.10 Å². The number of benzene rings is 2. The molecule has 2 aromatic carbocycles. The zero-order valence-electron chi connectivity index (χ0n) is 13.3. The highest BCUT2D eigenvalue weighted by Gasteiger charge is 2.04. The van der Waals surface area contributed by atoms with Gasteiger partial charge in [0.05, 0.1) is 34.1 Å². The number of nitrogens with one attached hydrogen (secondary N) is 1. The second-order valence-electron chi connectivity index (χ2n) is 4.67. The average molecular weight is 379 g/mol. The van der Waals surface area contributed by atoms with Gasteiger partial charge in [0.1, 0.15) is 5.75 Å². The monoisotopic (exact) mass is 378 g/mol. The molecule has 0 saturated heterocycles. The van der Waals surface area contributed by atoms with E-state index in [0.717, 1.165) is 21.3 Å². The summed E-state index contributed by atoms with van der Waals surface area (Å²) in [6.45, 7) is 0.577. The molecule has 0 bridgehead atoms. The third-order valence-corrected chi connectivity index (χ3v) is 3.71. The van der Waals surface area contributed by atoms with E-state index in [1.54, 1.807) is 27.5 Å². The molecule has 0 unspecified atom stereocenters. The molecule has 5 nitrogen and oxygen atoms in total. The third kappa shape index (κ3) is 4.63. The van der Waals surface area contributed by atoms with Crippen molar-refractivity contribution in [1.29, 1.82) is 0 Å². The third-order valence-electron chi connectivity index (χ3n) is 3.22. The highest BCUT2D eigenvalue weighted by Crippen LogP contribution is 2.27. The molecule has 122 valence electrons. The van der Waals surface area contributed by atoms with Gasteiger partial charge < -0.3 is 19.6 Å². The number of rotatable bonds is 7. The number of hydrazone groups is 1. The fourth-order valence-electron chi connectivity index (χ4n) is 2.05.